The highest BCUT2D eigenvalue weighted by molar-refractivity contribution is 7.99. The van der Waals surface area contributed by atoms with Crippen LogP contribution < -0.4 is 5.69 Å². The Kier molecular flexibility index (Phi) is 5.65. The molecule has 27 heavy (non-hydrogen) atoms. The first-order valence-corrected chi connectivity index (χ1v) is 9.67. The minimum Gasteiger partial charge on any atom is -0.318 e. The van der Waals surface area contributed by atoms with Crippen LogP contribution in [0.15, 0.2) is 40.3 Å². The fourth-order valence-corrected chi connectivity index (χ4v) is 3.93. The molecule has 8 heteroatoms. The molecule has 1 N–H and O–H groups in total. The van der Waals surface area contributed by atoms with Crippen molar-refractivity contribution < 1.29 is 9.18 Å². The highest BCUT2D eigenvalue weighted by atomic mass is 32.2. The predicted molar refractivity (Wildman–Crippen MR) is 103 cm³/mol. The summed E-state index contributed by atoms with van der Waals surface area (Å²) >= 11 is 1.24. The SMILES string of the molecule is CCCn1c(SCC(=O)c2cc(C)n(-c3ccc(F)cc3)c2C)n[nH]c1=O. The van der Waals surface area contributed by atoms with Gasteiger partial charge in [0.2, 0.25) is 0 Å². The lowest BCUT2D eigenvalue weighted by atomic mass is 10.2. The number of benzene rings is 1. The van der Waals surface area contributed by atoms with Gasteiger partial charge in [0.05, 0.1) is 5.75 Å². The quantitative estimate of drug-likeness (QED) is 0.497. The van der Waals surface area contributed by atoms with E-state index in [4.69, 9.17) is 0 Å². The topological polar surface area (TPSA) is 72.7 Å². The molecule has 0 radical (unpaired) electrons. The second-order valence-electron chi connectivity index (χ2n) is 6.27. The molecule has 0 aliphatic heterocycles. The fraction of sp³-hybridized carbons (Fsp3) is 0.316. The minimum absolute atomic E-state index is 0.0417. The molecule has 3 rings (SSSR count). The summed E-state index contributed by atoms with van der Waals surface area (Å²) in [7, 11) is 0. The van der Waals surface area contributed by atoms with Gasteiger partial charge in [-0.25, -0.2) is 14.3 Å². The van der Waals surface area contributed by atoms with Crippen molar-refractivity contribution in [2.24, 2.45) is 0 Å². The number of aromatic nitrogens is 4. The van der Waals surface area contributed by atoms with E-state index < -0.39 is 0 Å². The number of nitrogens with one attached hydrogen (secondary N) is 1. The molecule has 0 fully saturated rings. The van der Waals surface area contributed by atoms with Crippen molar-refractivity contribution in [3.05, 3.63) is 63.6 Å². The van der Waals surface area contributed by atoms with Crippen molar-refractivity contribution >= 4 is 17.5 Å². The molecule has 6 nitrogen and oxygen atoms in total. The molecule has 0 aliphatic carbocycles. The number of hydrogen-bond acceptors (Lipinski definition) is 4. The van der Waals surface area contributed by atoms with Crippen LogP contribution in [0.5, 0.6) is 0 Å². The van der Waals surface area contributed by atoms with Crippen molar-refractivity contribution in [1.82, 2.24) is 19.3 Å². The van der Waals surface area contributed by atoms with Crippen LogP contribution in [0.1, 0.15) is 35.1 Å². The number of H-pyrrole nitrogens is 1. The first-order chi connectivity index (χ1) is 12.9. The summed E-state index contributed by atoms with van der Waals surface area (Å²) in [5.74, 6) is -0.159. The molecule has 0 bridgehead atoms. The average molecular weight is 388 g/mol. The van der Waals surface area contributed by atoms with E-state index in [1.807, 2.05) is 31.4 Å². The van der Waals surface area contributed by atoms with Gasteiger partial charge in [0.15, 0.2) is 10.9 Å². The lowest BCUT2D eigenvalue weighted by molar-refractivity contribution is 0.102. The molecule has 0 amide bonds. The monoisotopic (exact) mass is 388 g/mol. The number of aromatic amines is 1. The van der Waals surface area contributed by atoms with E-state index in [2.05, 4.69) is 10.2 Å². The second kappa shape index (κ2) is 7.96. The summed E-state index contributed by atoms with van der Waals surface area (Å²) in [6, 6.07) is 8.01. The first kappa shape index (κ1) is 19.2. The molecule has 0 aliphatic rings. The summed E-state index contributed by atoms with van der Waals surface area (Å²) < 4.78 is 16.7. The Morgan fingerprint density at radius 2 is 1.96 bits per heavy atom. The molecule has 0 spiro atoms. The van der Waals surface area contributed by atoms with Crippen LogP contribution in [0.4, 0.5) is 4.39 Å². The summed E-state index contributed by atoms with van der Waals surface area (Å²) in [6.45, 7) is 6.32. The molecule has 0 saturated heterocycles. The van der Waals surface area contributed by atoms with Crippen molar-refractivity contribution in [3.8, 4) is 5.69 Å². The Morgan fingerprint density at radius 3 is 2.63 bits per heavy atom. The van der Waals surface area contributed by atoms with Crippen LogP contribution in [0.25, 0.3) is 5.69 Å². The van der Waals surface area contributed by atoms with Crippen molar-refractivity contribution in [1.29, 1.82) is 0 Å². The van der Waals surface area contributed by atoms with Gasteiger partial charge in [-0.05, 0) is 50.6 Å². The largest absolute Gasteiger partial charge is 0.343 e. The van der Waals surface area contributed by atoms with E-state index in [1.165, 1.54) is 23.9 Å². The number of thioether (sulfide) groups is 1. The van der Waals surface area contributed by atoms with Gasteiger partial charge in [0.1, 0.15) is 5.82 Å². The number of aryl methyl sites for hydroxylation is 1. The van der Waals surface area contributed by atoms with E-state index in [0.717, 1.165) is 23.5 Å². The van der Waals surface area contributed by atoms with Gasteiger partial charge < -0.3 is 4.57 Å². The third-order valence-electron chi connectivity index (χ3n) is 4.32. The highest BCUT2D eigenvalue weighted by Crippen LogP contribution is 2.23. The van der Waals surface area contributed by atoms with E-state index in [9.17, 15) is 14.0 Å². The van der Waals surface area contributed by atoms with Crippen LogP contribution in [0, 0.1) is 19.7 Å². The summed E-state index contributed by atoms with van der Waals surface area (Å²) in [5, 5.41) is 6.94. The van der Waals surface area contributed by atoms with Crippen LogP contribution >= 0.6 is 11.8 Å². The van der Waals surface area contributed by atoms with Crippen molar-refractivity contribution in [2.75, 3.05) is 5.75 Å². The normalized spacial score (nSPS) is 11.1. The van der Waals surface area contributed by atoms with Crippen molar-refractivity contribution in [2.45, 2.75) is 38.9 Å². The Balaban J connectivity index is 1.81. The van der Waals surface area contributed by atoms with Crippen LogP contribution in [0.3, 0.4) is 0 Å². The maximum atomic E-state index is 13.2. The van der Waals surface area contributed by atoms with E-state index in [-0.39, 0.29) is 23.0 Å². The second-order valence-corrected chi connectivity index (χ2v) is 7.21. The van der Waals surface area contributed by atoms with E-state index in [1.54, 1.807) is 16.7 Å². The number of halogens is 1. The molecule has 142 valence electrons. The first-order valence-electron chi connectivity index (χ1n) is 8.68. The van der Waals surface area contributed by atoms with Crippen LogP contribution in [0.2, 0.25) is 0 Å². The minimum atomic E-state index is -0.300. The predicted octanol–water partition coefficient (Wildman–Crippen LogP) is 3.50. The van der Waals surface area contributed by atoms with Gasteiger partial charge in [-0.3, -0.25) is 9.36 Å². The number of carbonyl (C=O) groups is 1. The van der Waals surface area contributed by atoms with Crippen LogP contribution in [-0.2, 0) is 6.54 Å². The van der Waals surface area contributed by atoms with E-state index >= 15 is 0 Å². The maximum absolute atomic E-state index is 13.2. The molecule has 2 aromatic heterocycles. The van der Waals surface area contributed by atoms with E-state index in [0.29, 0.717) is 17.3 Å². The molecule has 3 aromatic rings. The fourth-order valence-electron chi connectivity index (χ4n) is 3.07. The van der Waals surface area contributed by atoms with Gasteiger partial charge in [-0.15, -0.1) is 5.10 Å². The Morgan fingerprint density at radius 1 is 1.26 bits per heavy atom. The Bertz CT molecular complexity index is 1020. The molecular weight excluding hydrogens is 367 g/mol. The summed E-state index contributed by atoms with van der Waals surface area (Å²) in [5.41, 5.74) is 2.86. The lowest BCUT2D eigenvalue weighted by Crippen LogP contribution is -2.17. The smallest absolute Gasteiger partial charge is 0.318 e. The zero-order valence-electron chi connectivity index (χ0n) is 15.5. The number of nitrogens with zero attached hydrogens (tertiary/aromatic N) is 3. The third kappa shape index (κ3) is 3.90. The van der Waals surface area contributed by atoms with Gasteiger partial charge in [0.25, 0.3) is 0 Å². The lowest BCUT2D eigenvalue weighted by Gasteiger charge is -2.10. The van der Waals surface area contributed by atoms with Gasteiger partial charge >= 0.3 is 5.69 Å². The van der Waals surface area contributed by atoms with Gasteiger partial charge in [-0.1, -0.05) is 18.7 Å². The standard InChI is InChI=1S/C19H21FN4O2S/c1-4-9-23-18(26)21-22-19(23)27-11-17(25)16-10-12(2)24(13(16)3)15-7-5-14(20)6-8-15/h5-8,10H,4,9,11H2,1-3H3,(H,21,26). The zero-order chi connectivity index (χ0) is 19.6. The number of rotatable bonds is 7. The molecule has 0 unspecified atom stereocenters. The number of hydrogen-bond donors (Lipinski definition) is 1. The number of ketones is 1. The molecule has 0 saturated carbocycles. The van der Waals surface area contributed by atoms with Crippen molar-refractivity contribution in [3.63, 3.8) is 0 Å². The molecule has 2 heterocycles. The molecular formula is C19H21FN4O2S. The summed E-state index contributed by atoms with van der Waals surface area (Å²) in [4.78, 5) is 24.5. The Hall–Kier alpha value is -2.61. The van der Waals surface area contributed by atoms with Gasteiger partial charge in [-0.2, -0.15) is 0 Å². The summed E-state index contributed by atoms with van der Waals surface area (Å²) in [6.07, 6.45) is 0.805. The number of Topliss-reactive ketones (excluding diaryl/α,β-unsaturated/α-hetero) is 1. The number of carbonyl (C=O) groups excluding carboxylic acids is 1. The molecule has 1 aromatic carbocycles. The van der Waals surface area contributed by atoms with Gasteiger partial charge in [0, 0.05) is 29.2 Å². The van der Waals surface area contributed by atoms with Crippen LogP contribution in [-0.4, -0.2) is 30.9 Å². The molecule has 0 atom stereocenters. The average Bonchev–Trinajstić information content (AvgIpc) is 3.14. The third-order valence-corrected chi connectivity index (χ3v) is 5.30. The maximum Gasteiger partial charge on any atom is 0.343 e. The highest BCUT2D eigenvalue weighted by Gasteiger charge is 2.18. The Labute approximate surface area is 160 Å². The zero-order valence-corrected chi connectivity index (χ0v) is 16.3.